The molecule has 0 aromatic heterocycles. The van der Waals surface area contributed by atoms with Crippen molar-refractivity contribution in [2.24, 2.45) is 17.8 Å². The Morgan fingerprint density at radius 1 is 1.09 bits per heavy atom. The van der Waals surface area contributed by atoms with Crippen molar-refractivity contribution in [1.82, 2.24) is 9.80 Å². The fourth-order valence-corrected chi connectivity index (χ4v) is 8.21. The maximum atomic E-state index is 14.9. The van der Waals surface area contributed by atoms with Gasteiger partial charge in [-0.1, -0.05) is 52.7 Å². The molecule has 9 heteroatoms. The molecule has 9 nitrogen and oxygen atoms in total. The highest BCUT2D eigenvalue weighted by Gasteiger charge is 2.79. The van der Waals surface area contributed by atoms with E-state index in [1.807, 2.05) is 52.0 Å². The number of aliphatic hydroxyl groups is 1. The van der Waals surface area contributed by atoms with Crippen LogP contribution in [0.2, 0.25) is 0 Å². The Labute approximate surface area is 275 Å². The highest BCUT2D eigenvalue weighted by atomic mass is 16.5. The van der Waals surface area contributed by atoms with Gasteiger partial charge in [0.05, 0.1) is 36.7 Å². The molecule has 254 valence electrons. The number of carbonyl (C=O) groups excluding carboxylic acids is 3. The second-order valence-electron chi connectivity index (χ2n) is 13.5. The molecule has 1 N–H and O–H groups in total. The number of anilines is 1. The van der Waals surface area contributed by atoms with Crippen molar-refractivity contribution in [3.05, 3.63) is 49.6 Å². The number of carbonyl (C=O) groups is 3. The molecule has 2 bridgehead atoms. The third-order valence-corrected chi connectivity index (χ3v) is 10.2. The zero-order chi connectivity index (χ0) is 33.6. The number of unbranched alkanes of at least 4 members (excludes halogenated alkanes) is 2. The Kier molecular flexibility index (Phi) is 11.8. The zero-order valence-electron chi connectivity index (χ0n) is 28.6. The van der Waals surface area contributed by atoms with Gasteiger partial charge in [0.25, 0.3) is 0 Å². The van der Waals surface area contributed by atoms with Crippen molar-refractivity contribution in [3.8, 4) is 5.75 Å². The molecule has 46 heavy (non-hydrogen) atoms. The highest BCUT2D eigenvalue weighted by molar-refractivity contribution is 6.03. The minimum Gasteiger partial charge on any atom is -0.494 e. The molecular weight excluding hydrogens is 582 g/mol. The van der Waals surface area contributed by atoms with Gasteiger partial charge in [-0.2, -0.15) is 0 Å². The van der Waals surface area contributed by atoms with E-state index < -0.39 is 35.1 Å². The van der Waals surface area contributed by atoms with Crippen LogP contribution in [0.15, 0.2) is 49.6 Å². The number of nitrogens with zero attached hydrogens (tertiary/aromatic N) is 3. The van der Waals surface area contributed by atoms with Crippen LogP contribution >= 0.6 is 0 Å². The third kappa shape index (κ3) is 6.37. The maximum Gasteiger partial charge on any atom is 0.248 e. The predicted octanol–water partition coefficient (Wildman–Crippen LogP) is 5.37. The van der Waals surface area contributed by atoms with Crippen LogP contribution in [0.3, 0.4) is 0 Å². The first-order valence-electron chi connectivity index (χ1n) is 17.3. The Morgan fingerprint density at radius 3 is 2.35 bits per heavy atom. The molecule has 3 aliphatic rings. The van der Waals surface area contributed by atoms with Crippen LogP contribution in [-0.2, 0) is 19.1 Å². The monoisotopic (exact) mass is 637 g/mol. The first-order valence-corrected chi connectivity index (χ1v) is 17.3. The number of ether oxygens (including phenoxy) is 2. The third-order valence-electron chi connectivity index (χ3n) is 10.2. The molecule has 4 rings (SSSR count). The van der Waals surface area contributed by atoms with Crippen LogP contribution in [0.1, 0.15) is 79.6 Å². The second-order valence-corrected chi connectivity index (χ2v) is 13.5. The molecule has 3 heterocycles. The van der Waals surface area contributed by atoms with E-state index in [-0.39, 0.29) is 36.8 Å². The summed E-state index contributed by atoms with van der Waals surface area (Å²) in [5.74, 6) is -1.44. The van der Waals surface area contributed by atoms with Gasteiger partial charge in [-0.15, -0.1) is 13.2 Å². The number of fused-ring (bicyclic) bond motifs is 1. The van der Waals surface area contributed by atoms with Crippen molar-refractivity contribution in [1.29, 1.82) is 0 Å². The van der Waals surface area contributed by atoms with Gasteiger partial charge in [-0.05, 0) is 69.2 Å². The summed E-state index contributed by atoms with van der Waals surface area (Å²) in [6, 6.07) is 5.84. The normalized spacial score (nSPS) is 27.1. The maximum absolute atomic E-state index is 14.9. The summed E-state index contributed by atoms with van der Waals surface area (Å²) in [4.78, 5) is 49.5. The highest BCUT2D eigenvalue weighted by Crippen LogP contribution is 2.65. The number of hydrogen-bond donors (Lipinski definition) is 1. The average molecular weight is 638 g/mol. The minimum absolute atomic E-state index is 0.173. The van der Waals surface area contributed by atoms with Crippen LogP contribution in [0.25, 0.3) is 0 Å². The largest absolute Gasteiger partial charge is 0.494 e. The Morgan fingerprint density at radius 2 is 1.78 bits per heavy atom. The number of amides is 3. The van der Waals surface area contributed by atoms with E-state index in [0.717, 1.165) is 19.3 Å². The van der Waals surface area contributed by atoms with Crippen LogP contribution in [0.5, 0.6) is 5.75 Å². The lowest BCUT2D eigenvalue weighted by atomic mass is 9.64. The molecule has 6 atom stereocenters. The van der Waals surface area contributed by atoms with Gasteiger partial charge in [0.1, 0.15) is 17.4 Å². The second kappa shape index (κ2) is 15.2. The number of rotatable bonds is 18. The zero-order valence-corrected chi connectivity index (χ0v) is 28.6. The van der Waals surface area contributed by atoms with Gasteiger partial charge in [-0.25, -0.2) is 0 Å². The first kappa shape index (κ1) is 35.7. The number of likely N-dealkylation sites (tertiary alicyclic amines) is 1. The fraction of sp³-hybridized carbons (Fsp3) is 0.649. The van der Waals surface area contributed by atoms with Gasteiger partial charge in [0.15, 0.2) is 0 Å². The van der Waals surface area contributed by atoms with E-state index >= 15 is 0 Å². The predicted molar refractivity (Wildman–Crippen MR) is 180 cm³/mol. The summed E-state index contributed by atoms with van der Waals surface area (Å²) in [6.45, 7) is 19.3. The molecule has 3 amide bonds. The quantitative estimate of drug-likeness (QED) is 0.172. The van der Waals surface area contributed by atoms with Crippen molar-refractivity contribution in [2.45, 2.75) is 103 Å². The van der Waals surface area contributed by atoms with E-state index in [0.29, 0.717) is 56.8 Å². The van der Waals surface area contributed by atoms with Gasteiger partial charge in [0.2, 0.25) is 17.7 Å². The Hall–Kier alpha value is -3.17. The minimum atomic E-state index is -1.17. The van der Waals surface area contributed by atoms with Crippen molar-refractivity contribution < 1.29 is 29.0 Å². The van der Waals surface area contributed by atoms with E-state index in [1.54, 1.807) is 26.9 Å². The number of benzene rings is 1. The summed E-state index contributed by atoms with van der Waals surface area (Å²) in [5, 5.41) is 10.7. The lowest BCUT2D eigenvalue weighted by Crippen LogP contribution is -2.59. The lowest BCUT2D eigenvalue weighted by molar-refractivity contribution is -0.156. The van der Waals surface area contributed by atoms with E-state index in [4.69, 9.17) is 9.47 Å². The number of hydrogen-bond acceptors (Lipinski definition) is 6. The molecule has 3 fully saturated rings. The van der Waals surface area contributed by atoms with Gasteiger partial charge in [-0.3, -0.25) is 14.4 Å². The topological polar surface area (TPSA) is 99.6 Å². The van der Waals surface area contributed by atoms with Gasteiger partial charge < -0.3 is 29.3 Å². The fourth-order valence-electron chi connectivity index (χ4n) is 8.21. The van der Waals surface area contributed by atoms with Crippen molar-refractivity contribution >= 4 is 23.4 Å². The molecule has 0 aliphatic carbocycles. The molecule has 0 radical (unpaired) electrons. The van der Waals surface area contributed by atoms with Crippen LogP contribution in [-0.4, -0.2) is 88.8 Å². The summed E-state index contributed by atoms with van der Waals surface area (Å²) in [7, 11) is 0. The van der Waals surface area contributed by atoms with Gasteiger partial charge >= 0.3 is 0 Å². The first-order chi connectivity index (χ1) is 22.1. The molecule has 2 unspecified atom stereocenters. The van der Waals surface area contributed by atoms with Crippen LogP contribution in [0, 0.1) is 17.8 Å². The summed E-state index contributed by atoms with van der Waals surface area (Å²) >= 11 is 0. The molecule has 3 aliphatic heterocycles. The molecule has 3 saturated heterocycles. The molecular formula is C37H55N3O6. The van der Waals surface area contributed by atoms with Gasteiger partial charge in [0, 0.05) is 25.3 Å². The Balaban J connectivity index is 1.82. The smallest absolute Gasteiger partial charge is 0.248 e. The molecule has 1 aromatic carbocycles. The lowest BCUT2D eigenvalue weighted by Gasteiger charge is -2.40. The van der Waals surface area contributed by atoms with Crippen LogP contribution in [0.4, 0.5) is 5.69 Å². The number of aliphatic hydroxyl groups excluding tert-OH is 1. The molecule has 0 saturated carbocycles. The standard InChI is InChI=1S/C37H55N3O6/c1-8-13-14-23-38(21-9-2)35(44)32-37-20-19-36(11-4,46-37)30(31(37)34(43)40(32)28(25-41)24-26(6)7)33(42)39(22-10-3)27-15-17-29(18-16-27)45-12-5/h9-10,15-18,26,28,30-32,41H,2-3,8,11-14,19-25H2,1,4-7H3/t28-,30-,31+,32?,36+,37?/m1/s1. The van der Waals surface area contributed by atoms with E-state index in [1.165, 1.54) is 0 Å². The van der Waals surface area contributed by atoms with Crippen molar-refractivity contribution in [2.75, 3.05) is 37.7 Å². The van der Waals surface area contributed by atoms with E-state index in [2.05, 4.69) is 20.1 Å². The summed E-state index contributed by atoms with van der Waals surface area (Å²) in [5.41, 5.74) is -1.38. The Bertz CT molecular complexity index is 1250. The SMILES string of the molecule is C=CCN(CCCCC)C(=O)C1N([C@@H](CO)CC(C)C)C(=O)[C@@H]2[C@H](C(=O)N(CC=C)c3ccc(OCC)cc3)[C@]3(CC)CCC12O3. The van der Waals surface area contributed by atoms with Crippen molar-refractivity contribution in [3.63, 3.8) is 0 Å². The molecule has 1 aromatic rings. The summed E-state index contributed by atoms with van der Waals surface area (Å²) in [6.07, 6.45) is 8.34. The van der Waals surface area contributed by atoms with E-state index in [9.17, 15) is 19.5 Å². The molecule has 1 spiro atoms. The van der Waals surface area contributed by atoms with Crippen LogP contribution < -0.4 is 9.64 Å². The average Bonchev–Trinajstić information content (AvgIpc) is 3.65. The summed E-state index contributed by atoms with van der Waals surface area (Å²) < 4.78 is 12.7.